The number of primary amides is 1. The van der Waals surface area contributed by atoms with E-state index in [0.29, 0.717) is 19.3 Å². The highest BCUT2D eigenvalue weighted by Crippen LogP contribution is 2.19. The predicted octanol–water partition coefficient (Wildman–Crippen LogP) is 0.974. The molecule has 6 heteroatoms. The van der Waals surface area contributed by atoms with Crippen LogP contribution in [0, 0.1) is 0 Å². The molecule has 0 fully saturated rings. The summed E-state index contributed by atoms with van der Waals surface area (Å²) >= 11 is 0. The summed E-state index contributed by atoms with van der Waals surface area (Å²) in [6, 6.07) is -0.0114. The second-order valence-electron chi connectivity index (χ2n) is 3.66. The Bertz CT molecular complexity index is 179. The van der Waals surface area contributed by atoms with Crippen molar-refractivity contribution in [3.05, 3.63) is 0 Å². The zero-order valence-corrected chi connectivity index (χ0v) is 10.9. The summed E-state index contributed by atoms with van der Waals surface area (Å²) in [6.45, 7) is 3.74. The van der Waals surface area contributed by atoms with Crippen molar-refractivity contribution in [2.75, 3.05) is 0 Å². The van der Waals surface area contributed by atoms with Crippen LogP contribution in [0.3, 0.4) is 0 Å². The molecule has 0 saturated carbocycles. The molecular formula is C9H22Cl2N2O2. The van der Waals surface area contributed by atoms with Gasteiger partial charge in [-0.15, -0.1) is 24.8 Å². The lowest BCUT2D eigenvalue weighted by Gasteiger charge is -2.24. The lowest BCUT2D eigenvalue weighted by Crippen LogP contribution is -2.44. The standard InChI is InChI=1S/C9H20N2O2.2ClH/c1-3-5-9(13,8(11)12)6-4-7(2)10;;/h7,13H,3-6,10H2,1-2H3,(H2,11,12);2*1H/t7-,9-;;/m0../s1. The van der Waals surface area contributed by atoms with E-state index < -0.39 is 11.5 Å². The number of hydrogen-bond donors (Lipinski definition) is 3. The summed E-state index contributed by atoms with van der Waals surface area (Å²) in [7, 11) is 0. The minimum Gasteiger partial charge on any atom is -0.380 e. The first kappa shape index (κ1) is 20.4. The Morgan fingerprint density at radius 1 is 1.40 bits per heavy atom. The molecule has 2 atom stereocenters. The van der Waals surface area contributed by atoms with Crippen LogP contribution in [0.25, 0.3) is 0 Å². The van der Waals surface area contributed by atoms with E-state index >= 15 is 0 Å². The van der Waals surface area contributed by atoms with Crippen LogP contribution in [0.2, 0.25) is 0 Å². The molecule has 0 aromatic heterocycles. The highest BCUT2D eigenvalue weighted by molar-refractivity contribution is 5.85. The SMILES string of the molecule is CCC[C@](O)(CC[C@H](C)N)C(N)=O.Cl.Cl. The molecule has 0 unspecified atom stereocenters. The van der Waals surface area contributed by atoms with Crippen molar-refractivity contribution in [1.29, 1.82) is 0 Å². The van der Waals surface area contributed by atoms with Crippen molar-refractivity contribution in [2.45, 2.75) is 51.2 Å². The summed E-state index contributed by atoms with van der Waals surface area (Å²) in [4.78, 5) is 11.0. The molecule has 0 aliphatic carbocycles. The van der Waals surface area contributed by atoms with Crippen molar-refractivity contribution in [3.8, 4) is 0 Å². The number of amides is 1. The van der Waals surface area contributed by atoms with Crippen LogP contribution < -0.4 is 11.5 Å². The van der Waals surface area contributed by atoms with E-state index in [1.54, 1.807) is 0 Å². The van der Waals surface area contributed by atoms with Gasteiger partial charge in [0.15, 0.2) is 0 Å². The van der Waals surface area contributed by atoms with Crippen LogP contribution in [0.5, 0.6) is 0 Å². The maximum absolute atomic E-state index is 11.0. The fourth-order valence-electron chi connectivity index (χ4n) is 1.25. The average molecular weight is 261 g/mol. The van der Waals surface area contributed by atoms with E-state index in [1.807, 2.05) is 13.8 Å². The maximum atomic E-state index is 11.0. The molecule has 0 spiro atoms. The first-order valence-corrected chi connectivity index (χ1v) is 4.70. The first-order chi connectivity index (χ1) is 5.92. The number of carbonyl (C=O) groups excluding carboxylic acids is 1. The van der Waals surface area contributed by atoms with Crippen LogP contribution >= 0.6 is 24.8 Å². The zero-order chi connectivity index (χ0) is 10.5. The van der Waals surface area contributed by atoms with E-state index in [2.05, 4.69) is 0 Å². The fourth-order valence-corrected chi connectivity index (χ4v) is 1.25. The van der Waals surface area contributed by atoms with Crippen LogP contribution in [-0.2, 0) is 4.79 Å². The van der Waals surface area contributed by atoms with Crippen LogP contribution in [0.4, 0.5) is 0 Å². The van der Waals surface area contributed by atoms with Crippen LogP contribution in [-0.4, -0.2) is 22.7 Å². The van der Waals surface area contributed by atoms with Gasteiger partial charge in [0, 0.05) is 6.04 Å². The topological polar surface area (TPSA) is 89.3 Å². The molecule has 4 nitrogen and oxygen atoms in total. The molecular weight excluding hydrogens is 239 g/mol. The van der Waals surface area contributed by atoms with Crippen LogP contribution in [0.1, 0.15) is 39.5 Å². The zero-order valence-electron chi connectivity index (χ0n) is 9.23. The Balaban J connectivity index is -0.000000720. The van der Waals surface area contributed by atoms with Gasteiger partial charge in [-0.05, 0) is 26.2 Å². The second-order valence-corrected chi connectivity index (χ2v) is 3.66. The number of aliphatic hydroxyl groups is 1. The Morgan fingerprint density at radius 2 is 1.87 bits per heavy atom. The number of nitrogens with two attached hydrogens (primary N) is 2. The molecule has 15 heavy (non-hydrogen) atoms. The molecule has 0 aromatic rings. The highest BCUT2D eigenvalue weighted by Gasteiger charge is 2.32. The molecule has 0 saturated heterocycles. The van der Waals surface area contributed by atoms with Gasteiger partial charge in [0.2, 0.25) is 5.91 Å². The van der Waals surface area contributed by atoms with Crippen molar-refractivity contribution < 1.29 is 9.90 Å². The summed E-state index contributed by atoms with van der Waals surface area (Å²) < 4.78 is 0. The van der Waals surface area contributed by atoms with Crippen molar-refractivity contribution in [3.63, 3.8) is 0 Å². The first-order valence-electron chi connectivity index (χ1n) is 4.70. The van der Waals surface area contributed by atoms with Gasteiger partial charge in [-0.1, -0.05) is 13.3 Å². The van der Waals surface area contributed by atoms with Gasteiger partial charge in [0.05, 0.1) is 0 Å². The average Bonchev–Trinajstić information content (AvgIpc) is 2.01. The molecule has 5 N–H and O–H groups in total. The third-order valence-electron chi connectivity index (χ3n) is 2.14. The molecule has 0 aromatic carbocycles. The van der Waals surface area contributed by atoms with Crippen LogP contribution in [0.15, 0.2) is 0 Å². The van der Waals surface area contributed by atoms with E-state index in [4.69, 9.17) is 11.5 Å². The Kier molecular flexibility index (Phi) is 12.5. The quantitative estimate of drug-likeness (QED) is 0.665. The van der Waals surface area contributed by atoms with Gasteiger partial charge in [-0.2, -0.15) is 0 Å². The molecule has 0 aliphatic rings. The van der Waals surface area contributed by atoms with Gasteiger partial charge in [0.25, 0.3) is 0 Å². The molecule has 0 bridgehead atoms. The molecule has 94 valence electrons. The molecule has 0 radical (unpaired) electrons. The normalized spacial score (nSPS) is 15.5. The summed E-state index contributed by atoms with van der Waals surface area (Å²) in [5, 5.41) is 9.81. The lowest BCUT2D eigenvalue weighted by atomic mass is 9.90. The largest absolute Gasteiger partial charge is 0.380 e. The summed E-state index contributed by atoms with van der Waals surface area (Å²) in [6.07, 6.45) is 2.11. The molecule has 1 amide bonds. The Morgan fingerprint density at radius 3 is 2.13 bits per heavy atom. The van der Waals surface area contributed by atoms with Crippen molar-refractivity contribution >= 4 is 30.7 Å². The maximum Gasteiger partial charge on any atom is 0.249 e. The summed E-state index contributed by atoms with van der Waals surface area (Å²) in [5.74, 6) is -0.644. The predicted molar refractivity (Wildman–Crippen MR) is 66.4 cm³/mol. The molecule has 0 aliphatic heterocycles. The van der Waals surface area contributed by atoms with Crippen molar-refractivity contribution in [2.24, 2.45) is 11.5 Å². The van der Waals surface area contributed by atoms with Gasteiger partial charge in [-0.3, -0.25) is 4.79 Å². The number of halogens is 2. The number of rotatable bonds is 6. The minimum atomic E-state index is -1.36. The molecule has 0 heterocycles. The number of carbonyl (C=O) groups is 1. The van der Waals surface area contributed by atoms with Gasteiger partial charge in [-0.25, -0.2) is 0 Å². The third-order valence-corrected chi connectivity index (χ3v) is 2.14. The van der Waals surface area contributed by atoms with Crippen molar-refractivity contribution in [1.82, 2.24) is 0 Å². The van der Waals surface area contributed by atoms with E-state index in [0.717, 1.165) is 6.42 Å². The Labute approximate surface area is 104 Å². The lowest BCUT2D eigenvalue weighted by molar-refractivity contribution is -0.137. The highest BCUT2D eigenvalue weighted by atomic mass is 35.5. The van der Waals surface area contributed by atoms with Gasteiger partial charge < -0.3 is 16.6 Å². The number of hydrogen-bond acceptors (Lipinski definition) is 3. The van der Waals surface area contributed by atoms with E-state index in [-0.39, 0.29) is 30.9 Å². The summed E-state index contributed by atoms with van der Waals surface area (Å²) in [5.41, 5.74) is 9.29. The Hall–Kier alpha value is -0.0300. The van der Waals surface area contributed by atoms with E-state index in [9.17, 15) is 9.90 Å². The third kappa shape index (κ3) is 7.85. The van der Waals surface area contributed by atoms with E-state index in [1.165, 1.54) is 0 Å². The molecule has 0 rings (SSSR count). The monoisotopic (exact) mass is 260 g/mol. The smallest absolute Gasteiger partial charge is 0.249 e. The fraction of sp³-hybridized carbons (Fsp3) is 0.889. The van der Waals surface area contributed by atoms with Gasteiger partial charge in [0.1, 0.15) is 5.60 Å². The second kappa shape index (κ2) is 9.21. The van der Waals surface area contributed by atoms with Gasteiger partial charge >= 0.3 is 0 Å². The minimum absolute atomic E-state index is 0.